The number of aryl methyl sites for hydroxylation is 1. The molecule has 0 bridgehead atoms. The van der Waals surface area contributed by atoms with Crippen LogP contribution < -0.4 is 15.5 Å². The predicted molar refractivity (Wildman–Crippen MR) is 130 cm³/mol. The summed E-state index contributed by atoms with van der Waals surface area (Å²) >= 11 is 6.06. The van der Waals surface area contributed by atoms with Gasteiger partial charge in [-0.25, -0.2) is 0 Å². The molecule has 1 saturated heterocycles. The number of fused-ring (bicyclic) bond motifs is 1. The summed E-state index contributed by atoms with van der Waals surface area (Å²) in [5, 5.41) is 7.30. The third kappa shape index (κ3) is 5.49. The lowest BCUT2D eigenvalue weighted by Gasteiger charge is -2.29. The van der Waals surface area contributed by atoms with E-state index in [-0.39, 0.29) is 11.3 Å². The minimum absolute atomic E-state index is 0.0909. The fourth-order valence-corrected chi connectivity index (χ4v) is 5.11. The summed E-state index contributed by atoms with van der Waals surface area (Å²) in [7, 11) is 2.03. The lowest BCUT2D eigenvalue weighted by molar-refractivity contribution is -0.118. The van der Waals surface area contributed by atoms with Crippen LogP contribution in [-0.4, -0.2) is 39.1 Å². The normalized spacial score (nSPS) is 20.8. The minimum atomic E-state index is 0.0909. The average Bonchev–Trinajstić information content (AvgIpc) is 3.24. The Labute approximate surface area is 191 Å². The SMILES string of the molecule is CNCC1CCNCC1.O=C(CCC1=CC12C=CC=C2)N1CCCc2cc(Cl)ccc21. The van der Waals surface area contributed by atoms with Gasteiger partial charge in [0.1, 0.15) is 0 Å². The van der Waals surface area contributed by atoms with Gasteiger partial charge < -0.3 is 15.5 Å². The van der Waals surface area contributed by atoms with Crippen molar-refractivity contribution in [2.24, 2.45) is 11.3 Å². The molecule has 0 aromatic heterocycles. The van der Waals surface area contributed by atoms with Gasteiger partial charge in [0.25, 0.3) is 0 Å². The Hall–Kier alpha value is -1.88. The predicted octanol–water partition coefficient (Wildman–Crippen LogP) is 4.66. The first-order valence-corrected chi connectivity index (χ1v) is 12.0. The minimum Gasteiger partial charge on any atom is -0.319 e. The Morgan fingerprint density at radius 2 is 2.03 bits per heavy atom. The maximum absolute atomic E-state index is 12.6. The third-order valence-electron chi connectivity index (χ3n) is 6.76. The number of carbonyl (C=O) groups is 1. The lowest BCUT2D eigenvalue weighted by Crippen LogP contribution is -2.35. The van der Waals surface area contributed by atoms with Crippen molar-refractivity contribution in [3.8, 4) is 0 Å². The van der Waals surface area contributed by atoms with E-state index in [0.29, 0.717) is 6.42 Å². The zero-order valence-corrected chi connectivity index (χ0v) is 19.3. The highest BCUT2D eigenvalue weighted by atomic mass is 35.5. The quantitative estimate of drug-likeness (QED) is 0.656. The summed E-state index contributed by atoms with van der Waals surface area (Å²) in [5.41, 5.74) is 3.70. The van der Waals surface area contributed by atoms with E-state index in [2.05, 4.69) is 41.0 Å². The largest absolute Gasteiger partial charge is 0.319 e. The van der Waals surface area contributed by atoms with Crippen LogP contribution in [0.15, 0.2) is 54.2 Å². The Bertz CT molecular complexity index is 868. The molecular weight excluding hydrogens is 406 g/mol. The van der Waals surface area contributed by atoms with Crippen LogP contribution in [0.2, 0.25) is 5.02 Å². The van der Waals surface area contributed by atoms with Crippen LogP contribution in [0, 0.1) is 11.3 Å². The molecule has 4 nitrogen and oxygen atoms in total. The number of hydrogen-bond acceptors (Lipinski definition) is 3. The van der Waals surface area contributed by atoms with Crippen molar-refractivity contribution < 1.29 is 4.79 Å². The van der Waals surface area contributed by atoms with Gasteiger partial charge in [-0.2, -0.15) is 0 Å². The van der Waals surface area contributed by atoms with E-state index in [0.717, 1.165) is 42.4 Å². The number of nitrogens with zero attached hydrogens (tertiary/aromatic N) is 1. The van der Waals surface area contributed by atoms with E-state index in [1.54, 1.807) is 0 Å². The maximum Gasteiger partial charge on any atom is 0.227 e. The third-order valence-corrected chi connectivity index (χ3v) is 7.00. The Morgan fingerprint density at radius 1 is 1.26 bits per heavy atom. The highest BCUT2D eigenvalue weighted by Crippen LogP contribution is 2.51. The highest BCUT2D eigenvalue weighted by molar-refractivity contribution is 6.30. The smallest absolute Gasteiger partial charge is 0.227 e. The van der Waals surface area contributed by atoms with Crippen LogP contribution in [0.5, 0.6) is 0 Å². The van der Waals surface area contributed by atoms with Gasteiger partial charge >= 0.3 is 0 Å². The van der Waals surface area contributed by atoms with Gasteiger partial charge in [0.15, 0.2) is 0 Å². The van der Waals surface area contributed by atoms with Crippen LogP contribution in [0.25, 0.3) is 0 Å². The first kappa shape index (κ1) is 22.3. The lowest BCUT2D eigenvalue weighted by atomic mass is 9.98. The van der Waals surface area contributed by atoms with Crippen molar-refractivity contribution in [3.63, 3.8) is 0 Å². The molecule has 2 aliphatic carbocycles. The number of piperidine rings is 1. The molecule has 166 valence electrons. The van der Waals surface area contributed by atoms with Gasteiger partial charge in [-0.15, -0.1) is 0 Å². The fraction of sp³-hybridized carbons (Fsp3) is 0.500. The molecule has 1 spiro atoms. The van der Waals surface area contributed by atoms with Crippen molar-refractivity contribution in [1.29, 1.82) is 0 Å². The topological polar surface area (TPSA) is 44.4 Å². The second-order valence-electron chi connectivity index (χ2n) is 8.99. The molecule has 0 radical (unpaired) electrons. The molecule has 4 aliphatic rings. The summed E-state index contributed by atoms with van der Waals surface area (Å²) in [6.07, 6.45) is 17.0. The first-order chi connectivity index (χ1) is 15.1. The molecule has 1 fully saturated rings. The van der Waals surface area contributed by atoms with Crippen molar-refractivity contribution in [2.45, 2.75) is 38.5 Å². The summed E-state index contributed by atoms with van der Waals surface area (Å²) in [6.45, 7) is 4.44. The van der Waals surface area contributed by atoms with E-state index in [9.17, 15) is 4.79 Å². The zero-order valence-electron chi connectivity index (χ0n) is 18.5. The molecule has 1 aromatic rings. The second kappa shape index (κ2) is 10.2. The van der Waals surface area contributed by atoms with Crippen LogP contribution >= 0.6 is 11.6 Å². The number of hydrogen-bond donors (Lipinski definition) is 2. The van der Waals surface area contributed by atoms with E-state index >= 15 is 0 Å². The summed E-state index contributed by atoms with van der Waals surface area (Å²) in [4.78, 5) is 14.5. The standard InChI is InChI=1S/C19H18ClNO.C7H16N2/c20-16-6-7-17-14(12-16)4-3-11-21(17)18(22)8-5-15-13-19(15)9-1-2-10-19;1-8-6-7-2-4-9-5-3-7/h1-2,6-7,9-10,12-13H,3-5,8,11H2;7-9H,2-6H2,1H3. The molecule has 0 saturated carbocycles. The Morgan fingerprint density at radius 3 is 2.77 bits per heavy atom. The van der Waals surface area contributed by atoms with Crippen molar-refractivity contribution in [3.05, 3.63) is 64.7 Å². The number of amides is 1. The van der Waals surface area contributed by atoms with Gasteiger partial charge in [0.05, 0.1) is 0 Å². The molecular formula is C26H34ClN3O. The molecule has 5 heteroatoms. The van der Waals surface area contributed by atoms with Crippen LogP contribution in [-0.2, 0) is 11.2 Å². The number of nitrogens with one attached hydrogen (secondary N) is 2. The van der Waals surface area contributed by atoms with Crippen LogP contribution in [0.3, 0.4) is 0 Å². The van der Waals surface area contributed by atoms with Crippen molar-refractivity contribution in [2.75, 3.05) is 38.1 Å². The number of allylic oxidation sites excluding steroid dienone is 6. The molecule has 2 aliphatic heterocycles. The van der Waals surface area contributed by atoms with Crippen LogP contribution in [0.4, 0.5) is 5.69 Å². The number of anilines is 1. The summed E-state index contributed by atoms with van der Waals surface area (Å²) in [5.74, 6) is 1.15. The molecule has 2 N–H and O–H groups in total. The van der Waals surface area contributed by atoms with Gasteiger partial charge in [-0.05, 0) is 88.5 Å². The van der Waals surface area contributed by atoms with Crippen molar-refractivity contribution in [1.82, 2.24) is 10.6 Å². The Kier molecular flexibility index (Phi) is 7.31. The van der Waals surface area contributed by atoms with E-state index in [4.69, 9.17) is 11.6 Å². The monoisotopic (exact) mass is 439 g/mol. The van der Waals surface area contributed by atoms with E-state index < -0.39 is 0 Å². The van der Waals surface area contributed by atoms with Gasteiger partial charge in [-0.3, -0.25) is 4.79 Å². The molecule has 2 heterocycles. The zero-order chi connectivity index (χ0) is 21.7. The van der Waals surface area contributed by atoms with Gasteiger partial charge in [0.2, 0.25) is 5.91 Å². The molecule has 0 atom stereocenters. The number of benzene rings is 1. The van der Waals surface area contributed by atoms with Gasteiger partial charge in [0, 0.05) is 29.1 Å². The number of rotatable bonds is 5. The highest BCUT2D eigenvalue weighted by Gasteiger charge is 2.40. The van der Waals surface area contributed by atoms with E-state index in [1.165, 1.54) is 43.6 Å². The maximum atomic E-state index is 12.6. The van der Waals surface area contributed by atoms with E-state index in [1.807, 2.05) is 30.1 Å². The average molecular weight is 440 g/mol. The fourth-order valence-electron chi connectivity index (χ4n) is 4.91. The first-order valence-electron chi connectivity index (χ1n) is 11.6. The van der Waals surface area contributed by atoms with Crippen LogP contribution in [0.1, 0.15) is 37.7 Å². The molecule has 0 unspecified atom stereocenters. The number of carbonyl (C=O) groups excluding carboxylic acids is 1. The van der Waals surface area contributed by atoms with Crippen molar-refractivity contribution >= 4 is 23.2 Å². The molecule has 31 heavy (non-hydrogen) atoms. The second-order valence-corrected chi connectivity index (χ2v) is 9.43. The molecule has 1 amide bonds. The summed E-state index contributed by atoms with van der Waals surface area (Å²) in [6, 6.07) is 5.84. The molecule has 5 rings (SSSR count). The molecule has 1 aromatic carbocycles. The number of halogens is 1. The summed E-state index contributed by atoms with van der Waals surface area (Å²) < 4.78 is 0. The van der Waals surface area contributed by atoms with Gasteiger partial charge in [-0.1, -0.05) is 47.6 Å². The Balaban J connectivity index is 0.000000217.